The molecule has 2 rings (SSSR count). The molecule has 0 aromatic rings. The number of cyclic esters (lactones) is 2. The summed E-state index contributed by atoms with van der Waals surface area (Å²) in [5.74, 6) is -3.92. The van der Waals surface area contributed by atoms with Gasteiger partial charge in [-0.1, -0.05) is 0 Å². The summed E-state index contributed by atoms with van der Waals surface area (Å²) >= 11 is 0. The zero-order valence-corrected chi connectivity index (χ0v) is 5.04. The van der Waals surface area contributed by atoms with Crippen LogP contribution in [0.25, 0.3) is 0 Å². The summed E-state index contributed by atoms with van der Waals surface area (Å²) in [7, 11) is 0. The summed E-state index contributed by atoms with van der Waals surface area (Å²) < 4.78 is 3.88. The normalized spacial score (nSPS) is 25.5. The van der Waals surface area contributed by atoms with Gasteiger partial charge >= 0.3 is 17.4 Å². The first-order valence-corrected chi connectivity index (χ1v) is 2.72. The van der Waals surface area contributed by atoms with Gasteiger partial charge in [-0.2, -0.15) is 0 Å². The van der Waals surface area contributed by atoms with E-state index in [9.17, 15) is 19.2 Å². The average molecular weight is 155 g/mol. The van der Waals surface area contributed by atoms with Crippen molar-refractivity contribution in [1.82, 2.24) is 5.32 Å². The molecule has 0 radical (unpaired) electrons. The molecule has 0 aliphatic carbocycles. The van der Waals surface area contributed by atoms with Crippen LogP contribution in [0.5, 0.6) is 0 Å². The number of ether oxygens (including phenoxy) is 1. The summed E-state index contributed by atoms with van der Waals surface area (Å²) in [6.45, 7) is 0. The summed E-state index contributed by atoms with van der Waals surface area (Å²) in [4.78, 5) is 42.3. The Morgan fingerprint density at radius 1 is 1.00 bits per heavy atom. The number of rotatable bonds is 0. The van der Waals surface area contributed by atoms with Crippen LogP contribution < -0.4 is 5.32 Å². The molecule has 0 unspecified atom stereocenters. The molecule has 2 amide bonds. The number of esters is 2. The average Bonchev–Trinajstić information content (AvgIpc) is 1.86. The van der Waals surface area contributed by atoms with Crippen LogP contribution in [-0.4, -0.2) is 23.8 Å². The van der Waals surface area contributed by atoms with Gasteiger partial charge in [0.25, 0.3) is 11.8 Å². The van der Waals surface area contributed by atoms with E-state index in [1.807, 2.05) is 0 Å². The number of carbonyl (C=O) groups is 4. The van der Waals surface area contributed by atoms with Crippen LogP contribution in [0.15, 0.2) is 0 Å². The highest BCUT2D eigenvalue weighted by molar-refractivity contribution is 6.49. The quantitative estimate of drug-likeness (QED) is 0.241. The molecule has 2 fully saturated rings. The highest BCUT2D eigenvalue weighted by atomic mass is 16.6. The summed E-state index contributed by atoms with van der Waals surface area (Å²) in [5.41, 5.74) is -2.11. The molecule has 0 aromatic heterocycles. The molecule has 6 nitrogen and oxygen atoms in total. The van der Waals surface area contributed by atoms with Crippen molar-refractivity contribution in [3.05, 3.63) is 0 Å². The zero-order valence-electron chi connectivity index (χ0n) is 5.04. The van der Waals surface area contributed by atoms with E-state index in [-0.39, 0.29) is 0 Å². The van der Waals surface area contributed by atoms with Gasteiger partial charge in [0.2, 0.25) is 0 Å². The van der Waals surface area contributed by atoms with Crippen LogP contribution in [0.4, 0.5) is 0 Å². The molecule has 6 heteroatoms. The third-order valence-electron chi connectivity index (χ3n) is 1.71. The SMILES string of the molecule is O=C1NC(=O)C12C(=O)OC2=O. The molecule has 2 heterocycles. The molecule has 0 atom stereocenters. The van der Waals surface area contributed by atoms with Crippen molar-refractivity contribution in [1.29, 1.82) is 0 Å². The lowest BCUT2D eigenvalue weighted by atomic mass is 9.76. The van der Waals surface area contributed by atoms with Gasteiger partial charge in [0.05, 0.1) is 0 Å². The van der Waals surface area contributed by atoms with E-state index < -0.39 is 29.2 Å². The van der Waals surface area contributed by atoms with Crippen LogP contribution in [0.3, 0.4) is 0 Å². The van der Waals surface area contributed by atoms with E-state index in [2.05, 4.69) is 4.74 Å². The van der Waals surface area contributed by atoms with Crippen LogP contribution in [0, 0.1) is 5.41 Å². The summed E-state index contributed by atoms with van der Waals surface area (Å²) in [5, 5.41) is 1.76. The number of hydrogen-bond donors (Lipinski definition) is 1. The predicted molar refractivity (Wildman–Crippen MR) is 26.7 cm³/mol. The third kappa shape index (κ3) is 0.356. The Kier molecular flexibility index (Phi) is 0.719. The number of hydrogen-bond acceptors (Lipinski definition) is 5. The second kappa shape index (κ2) is 1.31. The van der Waals surface area contributed by atoms with Crippen molar-refractivity contribution in [2.24, 2.45) is 5.41 Å². The maximum absolute atomic E-state index is 10.6. The summed E-state index contributed by atoms with van der Waals surface area (Å²) in [6.07, 6.45) is 0. The van der Waals surface area contributed by atoms with Gasteiger partial charge in [-0.3, -0.25) is 14.9 Å². The summed E-state index contributed by atoms with van der Waals surface area (Å²) in [6, 6.07) is 0. The topological polar surface area (TPSA) is 89.5 Å². The monoisotopic (exact) mass is 155 g/mol. The van der Waals surface area contributed by atoms with E-state index in [0.29, 0.717) is 0 Å². The minimum atomic E-state index is -2.11. The third-order valence-corrected chi connectivity index (χ3v) is 1.71. The second-order valence-electron chi connectivity index (χ2n) is 2.21. The van der Waals surface area contributed by atoms with Gasteiger partial charge in [0, 0.05) is 0 Å². The largest absolute Gasteiger partial charge is 0.390 e. The fourth-order valence-corrected chi connectivity index (χ4v) is 0.976. The first-order valence-electron chi connectivity index (χ1n) is 2.72. The number of nitrogens with one attached hydrogen (secondary N) is 1. The molecular weight excluding hydrogens is 154 g/mol. The van der Waals surface area contributed by atoms with E-state index in [4.69, 9.17) is 0 Å². The lowest BCUT2D eigenvalue weighted by Crippen LogP contribution is -2.77. The molecule has 0 aromatic carbocycles. The molecule has 2 saturated heterocycles. The number of amides is 2. The maximum Gasteiger partial charge on any atom is 0.351 e. The molecule has 1 N–H and O–H groups in total. The van der Waals surface area contributed by atoms with Crippen molar-refractivity contribution in [2.75, 3.05) is 0 Å². The molecular formula is C5HNO5. The molecule has 2 aliphatic heterocycles. The highest BCUT2D eigenvalue weighted by Gasteiger charge is 2.76. The lowest BCUT2D eigenvalue weighted by Gasteiger charge is -2.38. The first-order chi connectivity index (χ1) is 5.10. The fraction of sp³-hybridized carbons (Fsp3) is 0.200. The van der Waals surface area contributed by atoms with E-state index in [0.717, 1.165) is 0 Å². The van der Waals surface area contributed by atoms with E-state index >= 15 is 0 Å². The van der Waals surface area contributed by atoms with Gasteiger partial charge in [-0.15, -0.1) is 0 Å². The molecule has 0 bridgehead atoms. The molecule has 0 saturated carbocycles. The Labute approximate surface area is 59.5 Å². The second-order valence-corrected chi connectivity index (χ2v) is 2.21. The van der Waals surface area contributed by atoms with Crippen molar-refractivity contribution in [2.45, 2.75) is 0 Å². The minimum Gasteiger partial charge on any atom is -0.390 e. The van der Waals surface area contributed by atoms with E-state index in [1.165, 1.54) is 0 Å². The Balaban J connectivity index is 2.49. The van der Waals surface area contributed by atoms with Crippen LogP contribution in [-0.2, 0) is 23.9 Å². The van der Waals surface area contributed by atoms with Crippen LogP contribution in [0.2, 0.25) is 0 Å². The first kappa shape index (κ1) is 6.02. The number of carbonyl (C=O) groups excluding carboxylic acids is 4. The van der Waals surface area contributed by atoms with Gasteiger partial charge in [-0.05, 0) is 0 Å². The fourth-order valence-electron chi connectivity index (χ4n) is 0.976. The Morgan fingerprint density at radius 2 is 1.45 bits per heavy atom. The number of imide groups is 1. The molecule has 11 heavy (non-hydrogen) atoms. The van der Waals surface area contributed by atoms with Crippen molar-refractivity contribution in [3.8, 4) is 0 Å². The lowest BCUT2D eigenvalue weighted by molar-refractivity contribution is -0.203. The van der Waals surface area contributed by atoms with Crippen LogP contribution in [0.1, 0.15) is 0 Å². The van der Waals surface area contributed by atoms with Crippen molar-refractivity contribution in [3.63, 3.8) is 0 Å². The van der Waals surface area contributed by atoms with Gasteiger partial charge < -0.3 is 4.74 Å². The Morgan fingerprint density at radius 3 is 1.64 bits per heavy atom. The smallest absolute Gasteiger partial charge is 0.351 e. The highest BCUT2D eigenvalue weighted by Crippen LogP contribution is 2.36. The zero-order chi connectivity index (χ0) is 8.22. The van der Waals surface area contributed by atoms with Gasteiger partial charge in [0.15, 0.2) is 0 Å². The molecule has 56 valence electrons. The number of β-lactam (4-membered cyclic amide) rings is 2. The van der Waals surface area contributed by atoms with Crippen molar-refractivity contribution >= 4 is 23.8 Å². The van der Waals surface area contributed by atoms with E-state index in [1.54, 1.807) is 5.32 Å². The van der Waals surface area contributed by atoms with Gasteiger partial charge in [-0.25, -0.2) is 9.59 Å². The Hall–Kier alpha value is -1.72. The predicted octanol–water partition coefficient (Wildman–Crippen LogP) is -2.29. The molecule has 1 spiro atoms. The maximum atomic E-state index is 10.6. The minimum absolute atomic E-state index is 0.885. The Bertz CT molecular complexity index is 253. The standard InChI is InChI=1S/C5HNO5/c7-1-5(2(8)6-1)3(9)11-4(5)10/h(H,6,7,8). The van der Waals surface area contributed by atoms with Crippen LogP contribution >= 0.6 is 0 Å². The molecule has 2 aliphatic rings. The van der Waals surface area contributed by atoms with Crippen molar-refractivity contribution < 1.29 is 23.9 Å². The van der Waals surface area contributed by atoms with Gasteiger partial charge in [0.1, 0.15) is 0 Å².